The van der Waals surface area contributed by atoms with Crippen molar-refractivity contribution >= 4 is 5.91 Å². The Morgan fingerprint density at radius 2 is 2.29 bits per heavy atom. The first-order valence-electron chi connectivity index (χ1n) is 6.94. The van der Waals surface area contributed by atoms with Gasteiger partial charge < -0.3 is 10.6 Å². The molecule has 0 aromatic carbocycles. The van der Waals surface area contributed by atoms with Gasteiger partial charge in [0.25, 0.3) is 0 Å². The number of amides is 1. The first-order valence-corrected chi connectivity index (χ1v) is 6.94. The molecule has 0 radical (unpaired) electrons. The molecule has 1 fully saturated rings. The van der Waals surface area contributed by atoms with Crippen LogP contribution in [0.1, 0.15) is 38.5 Å². The third kappa shape index (κ3) is 3.56. The van der Waals surface area contributed by atoms with E-state index in [-0.39, 0.29) is 0 Å². The molecule has 17 heavy (non-hydrogen) atoms. The Bertz CT molecular complexity index is 286. The summed E-state index contributed by atoms with van der Waals surface area (Å²) in [5, 5.41) is 0. The lowest BCUT2D eigenvalue weighted by Crippen LogP contribution is -2.40. The second-order valence-corrected chi connectivity index (χ2v) is 5.40. The zero-order valence-electron chi connectivity index (χ0n) is 10.6. The lowest BCUT2D eigenvalue weighted by Gasteiger charge is -2.33. The highest BCUT2D eigenvalue weighted by Gasteiger charge is 2.24. The summed E-state index contributed by atoms with van der Waals surface area (Å²) in [4.78, 5) is 14.2. The molecule has 0 saturated carbocycles. The van der Waals surface area contributed by atoms with E-state index in [1.807, 2.05) is 0 Å². The van der Waals surface area contributed by atoms with Gasteiger partial charge in [0.05, 0.1) is 0 Å². The van der Waals surface area contributed by atoms with Crippen molar-refractivity contribution in [1.29, 1.82) is 0 Å². The van der Waals surface area contributed by atoms with Gasteiger partial charge in [0.1, 0.15) is 0 Å². The van der Waals surface area contributed by atoms with E-state index in [1.165, 1.54) is 6.42 Å². The second-order valence-electron chi connectivity index (χ2n) is 5.40. The van der Waals surface area contributed by atoms with Crippen LogP contribution in [0.5, 0.6) is 0 Å². The molecular weight excluding hydrogens is 212 g/mol. The van der Waals surface area contributed by atoms with E-state index in [4.69, 9.17) is 5.73 Å². The first-order chi connectivity index (χ1) is 8.29. The molecule has 1 amide bonds. The van der Waals surface area contributed by atoms with Crippen LogP contribution in [0, 0.1) is 11.8 Å². The number of piperidine rings is 1. The smallest absolute Gasteiger partial charge is 0.223 e. The predicted octanol–water partition coefficient (Wildman–Crippen LogP) is 1.93. The number of nitrogens with two attached hydrogens (primary N) is 1. The quantitative estimate of drug-likeness (QED) is 0.758. The van der Waals surface area contributed by atoms with Crippen molar-refractivity contribution in [1.82, 2.24) is 4.90 Å². The second kappa shape index (κ2) is 6.20. The van der Waals surface area contributed by atoms with E-state index in [9.17, 15) is 4.79 Å². The summed E-state index contributed by atoms with van der Waals surface area (Å²) in [6.07, 6.45) is 10.9. The average molecular weight is 236 g/mol. The summed E-state index contributed by atoms with van der Waals surface area (Å²) < 4.78 is 0. The molecule has 2 N–H and O–H groups in total. The van der Waals surface area contributed by atoms with Crippen molar-refractivity contribution in [2.45, 2.75) is 38.5 Å². The molecule has 2 rings (SSSR count). The minimum atomic E-state index is 0.350. The lowest BCUT2D eigenvalue weighted by molar-refractivity contribution is -0.133. The number of nitrogens with zero attached hydrogens (tertiary/aromatic N) is 1. The van der Waals surface area contributed by atoms with Gasteiger partial charge in [-0.2, -0.15) is 0 Å². The zero-order valence-corrected chi connectivity index (χ0v) is 10.6. The van der Waals surface area contributed by atoms with Gasteiger partial charge in [0, 0.05) is 19.5 Å². The highest BCUT2D eigenvalue weighted by molar-refractivity contribution is 5.76. The Labute approximate surface area is 104 Å². The summed E-state index contributed by atoms with van der Waals surface area (Å²) >= 11 is 0. The van der Waals surface area contributed by atoms with Crippen molar-refractivity contribution in [3.63, 3.8) is 0 Å². The van der Waals surface area contributed by atoms with Gasteiger partial charge >= 0.3 is 0 Å². The fraction of sp³-hybridized carbons (Fsp3) is 0.786. The minimum absolute atomic E-state index is 0.350. The van der Waals surface area contributed by atoms with Crippen LogP contribution in [-0.2, 0) is 4.79 Å². The molecule has 0 spiro atoms. The number of carbonyl (C=O) groups is 1. The lowest BCUT2D eigenvalue weighted by atomic mass is 9.94. The van der Waals surface area contributed by atoms with E-state index in [0.717, 1.165) is 45.3 Å². The fourth-order valence-electron chi connectivity index (χ4n) is 2.98. The Hall–Kier alpha value is -0.830. The van der Waals surface area contributed by atoms with Crippen LogP contribution in [0.4, 0.5) is 0 Å². The van der Waals surface area contributed by atoms with E-state index in [2.05, 4.69) is 17.1 Å². The SMILES string of the molecule is NCCC1CCCN(C(=O)CC2C=CCC2)C1. The van der Waals surface area contributed by atoms with Gasteiger partial charge in [0.2, 0.25) is 5.91 Å². The maximum Gasteiger partial charge on any atom is 0.223 e. The summed E-state index contributed by atoms with van der Waals surface area (Å²) in [5.74, 6) is 1.48. The maximum atomic E-state index is 12.2. The van der Waals surface area contributed by atoms with Crippen molar-refractivity contribution in [2.75, 3.05) is 19.6 Å². The largest absolute Gasteiger partial charge is 0.342 e. The van der Waals surface area contributed by atoms with Crippen LogP contribution in [0.25, 0.3) is 0 Å². The Balaban J connectivity index is 1.79. The van der Waals surface area contributed by atoms with Gasteiger partial charge in [-0.05, 0) is 50.5 Å². The van der Waals surface area contributed by atoms with Crippen LogP contribution >= 0.6 is 0 Å². The summed E-state index contributed by atoms with van der Waals surface area (Å²) in [5.41, 5.74) is 5.60. The minimum Gasteiger partial charge on any atom is -0.342 e. The van der Waals surface area contributed by atoms with Crippen LogP contribution < -0.4 is 5.73 Å². The molecule has 2 atom stereocenters. The van der Waals surface area contributed by atoms with Crippen molar-refractivity contribution in [3.8, 4) is 0 Å². The first kappa shape index (κ1) is 12.6. The number of rotatable bonds is 4. The molecule has 1 heterocycles. The number of hydrogen-bond donors (Lipinski definition) is 1. The van der Waals surface area contributed by atoms with E-state index in [1.54, 1.807) is 0 Å². The fourth-order valence-corrected chi connectivity index (χ4v) is 2.98. The molecular formula is C14H24N2O. The molecule has 0 aromatic rings. The number of hydrogen-bond acceptors (Lipinski definition) is 2. The maximum absolute atomic E-state index is 12.2. The Morgan fingerprint density at radius 3 is 3.00 bits per heavy atom. The molecule has 3 nitrogen and oxygen atoms in total. The molecule has 0 bridgehead atoms. The third-order valence-corrected chi connectivity index (χ3v) is 4.00. The van der Waals surface area contributed by atoms with E-state index >= 15 is 0 Å². The highest BCUT2D eigenvalue weighted by atomic mass is 16.2. The van der Waals surface area contributed by atoms with Gasteiger partial charge in [-0.3, -0.25) is 4.79 Å². The van der Waals surface area contributed by atoms with Gasteiger partial charge in [0.15, 0.2) is 0 Å². The number of likely N-dealkylation sites (tertiary alicyclic amines) is 1. The standard InChI is InChI=1S/C14H24N2O/c15-8-7-13-6-3-9-16(11-13)14(17)10-12-4-1-2-5-12/h1,4,12-13H,2-3,5-11,15H2. The van der Waals surface area contributed by atoms with Crippen LogP contribution in [0.3, 0.4) is 0 Å². The van der Waals surface area contributed by atoms with Gasteiger partial charge in [-0.25, -0.2) is 0 Å². The van der Waals surface area contributed by atoms with Crippen LogP contribution in [0.15, 0.2) is 12.2 Å². The monoisotopic (exact) mass is 236 g/mol. The molecule has 2 aliphatic rings. The summed E-state index contributed by atoms with van der Waals surface area (Å²) in [6, 6.07) is 0. The van der Waals surface area contributed by atoms with E-state index in [0.29, 0.717) is 24.2 Å². The molecule has 0 aromatic heterocycles. The third-order valence-electron chi connectivity index (χ3n) is 4.00. The summed E-state index contributed by atoms with van der Waals surface area (Å²) in [6.45, 7) is 2.64. The molecule has 1 saturated heterocycles. The topological polar surface area (TPSA) is 46.3 Å². The zero-order chi connectivity index (χ0) is 12.1. The van der Waals surface area contributed by atoms with Crippen molar-refractivity contribution in [2.24, 2.45) is 17.6 Å². The summed E-state index contributed by atoms with van der Waals surface area (Å²) in [7, 11) is 0. The Morgan fingerprint density at radius 1 is 1.41 bits per heavy atom. The average Bonchev–Trinajstić information content (AvgIpc) is 2.83. The molecule has 1 aliphatic carbocycles. The number of allylic oxidation sites excluding steroid dienone is 2. The van der Waals surface area contributed by atoms with E-state index < -0.39 is 0 Å². The molecule has 2 unspecified atom stereocenters. The molecule has 1 aliphatic heterocycles. The van der Waals surface area contributed by atoms with Crippen molar-refractivity contribution < 1.29 is 4.79 Å². The molecule has 3 heteroatoms. The van der Waals surface area contributed by atoms with Crippen molar-refractivity contribution in [3.05, 3.63) is 12.2 Å². The van der Waals surface area contributed by atoms with Gasteiger partial charge in [-0.15, -0.1) is 0 Å². The van der Waals surface area contributed by atoms with Crippen LogP contribution in [-0.4, -0.2) is 30.4 Å². The van der Waals surface area contributed by atoms with Crippen LogP contribution in [0.2, 0.25) is 0 Å². The molecule has 96 valence electrons. The highest BCUT2D eigenvalue weighted by Crippen LogP contribution is 2.24. The predicted molar refractivity (Wildman–Crippen MR) is 69.5 cm³/mol. The normalized spacial score (nSPS) is 28.6. The Kier molecular flexibility index (Phi) is 4.60. The van der Waals surface area contributed by atoms with Gasteiger partial charge in [-0.1, -0.05) is 12.2 Å². The number of carbonyl (C=O) groups excluding carboxylic acids is 1.